The summed E-state index contributed by atoms with van der Waals surface area (Å²) in [5, 5.41) is 0. The number of methoxy groups -OCH3 is 2. The Morgan fingerprint density at radius 1 is 0.952 bits per heavy atom. The maximum absolute atomic E-state index is 11.3. The van der Waals surface area contributed by atoms with Crippen LogP contribution in [0.3, 0.4) is 0 Å². The quantitative estimate of drug-likeness (QED) is 0.461. The molecule has 118 valence electrons. The fourth-order valence-electron chi connectivity index (χ4n) is 1.81. The highest BCUT2D eigenvalue weighted by atomic mass is 16.5. The van der Waals surface area contributed by atoms with Crippen molar-refractivity contribution in [1.82, 2.24) is 0 Å². The molecule has 0 unspecified atom stereocenters. The van der Waals surface area contributed by atoms with Crippen molar-refractivity contribution in [2.45, 2.75) is 19.4 Å². The Bertz CT molecular complexity index is 405. The third-order valence-electron chi connectivity index (χ3n) is 2.95. The Labute approximate surface area is 126 Å². The highest BCUT2D eigenvalue weighted by molar-refractivity contribution is 5.72. The number of ether oxygens (including phenoxy) is 4. The number of esters is 1. The Morgan fingerprint density at radius 3 is 2.38 bits per heavy atom. The minimum absolute atomic E-state index is 0.246. The van der Waals surface area contributed by atoms with Gasteiger partial charge in [0.1, 0.15) is 0 Å². The van der Waals surface area contributed by atoms with E-state index in [1.54, 1.807) is 7.11 Å². The zero-order chi connectivity index (χ0) is 15.3. The van der Waals surface area contributed by atoms with Crippen LogP contribution in [0.5, 0.6) is 0 Å². The van der Waals surface area contributed by atoms with E-state index in [9.17, 15) is 4.79 Å². The molecule has 0 saturated carbocycles. The fraction of sp³-hybridized carbons (Fsp3) is 0.562. The first-order valence-electron chi connectivity index (χ1n) is 7.06. The van der Waals surface area contributed by atoms with Gasteiger partial charge in [0, 0.05) is 20.3 Å². The summed E-state index contributed by atoms with van der Waals surface area (Å²) in [4.78, 5) is 11.3. The summed E-state index contributed by atoms with van der Waals surface area (Å²) >= 11 is 0. The van der Waals surface area contributed by atoms with Crippen LogP contribution in [-0.4, -0.2) is 46.6 Å². The number of carbonyl (C=O) groups is 1. The van der Waals surface area contributed by atoms with Crippen molar-refractivity contribution < 1.29 is 23.7 Å². The number of hydrogen-bond donors (Lipinski definition) is 0. The van der Waals surface area contributed by atoms with Gasteiger partial charge < -0.3 is 18.9 Å². The maximum Gasteiger partial charge on any atom is 0.309 e. The lowest BCUT2D eigenvalue weighted by Gasteiger charge is -2.10. The zero-order valence-corrected chi connectivity index (χ0v) is 12.8. The maximum atomic E-state index is 11.3. The molecule has 0 radical (unpaired) electrons. The van der Waals surface area contributed by atoms with Crippen molar-refractivity contribution in [2.24, 2.45) is 0 Å². The zero-order valence-electron chi connectivity index (χ0n) is 12.8. The Kier molecular flexibility index (Phi) is 9.44. The van der Waals surface area contributed by atoms with Gasteiger partial charge in [0.15, 0.2) is 0 Å². The van der Waals surface area contributed by atoms with Crippen LogP contribution < -0.4 is 0 Å². The molecule has 0 aliphatic rings. The van der Waals surface area contributed by atoms with E-state index in [0.717, 1.165) is 17.5 Å². The molecule has 0 saturated heterocycles. The van der Waals surface area contributed by atoms with E-state index in [4.69, 9.17) is 14.2 Å². The Hall–Kier alpha value is -1.43. The molecule has 1 aromatic carbocycles. The van der Waals surface area contributed by atoms with Gasteiger partial charge >= 0.3 is 5.97 Å². The average molecular weight is 296 g/mol. The molecule has 21 heavy (non-hydrogen) atoms. The Balaban J connectivity index is 2.24. The van der Waals surface area contributed by atoms with Crippen molar-refractivity contribution >= 4 is 5.97 Å². The molecule has 0 atom stereocenters. The highest BCUT2D eigenvalue weighted by Gasteiger charge is 2.07. The summed E-state index contributed by atoms with van der Waals surface area (Å²) < 4.78 is 20.6. The Morgan fingerprint density at radius 2 is 1.67 bits per heavy atom. The van der Waals surface area contributed by atoms with Crippen molar-refractivity contribution in [3.63, 3.8) is 0 Å². The molecule has 0 heterocycles. The average Bonchev–Trinajstić information content (AvgIpc) is 2.51. The summed E-state index contributed by atoms with van der Waals surface area (Å²) in [7, 11) is 3.07. The monoisotopic (exact) mass is 296 g/mol. The molecule has 0 amide bonds. The van der Waals surface area contributed by atoms with E-state index >= 15 is 0 Å². The first kappa shape index (κ1) is 17.6. The third kappa shape index (κ3) is 7.80. The molecule has 0 aromatic heterocycles. The molecule has 5 nitrogen and oxygen atoms in total. The number of hydrogen-bond acceptors (Lipinski definition) is 5. The summed E-state index contributed by atoms with van der Waals surface area (Å²) in [5.41, 5.74) is 1.94. The molecular weight excluding hydrogens is 272 g/mol. The lowest BCUT2D eigenvalue weighted by atomic mass is 10.1. The fourth-order valence-corrected chi connectivity index (χ4v) is 1.81. The van der Waals surface area contributed by atoms with E-state index in [2.05, 4.69) is 4.74 Å². The van der Waals surface area contributed by atoms with Crippen LogP contribution in [0, 0.1) is 0 Å². The van der Waals surface area contributed by atoms with Crippen molar-refractivity contribution in [3.05, 3.63) is 35.4 Å². The molecule has 1 rings (SSSR count). The van der Waals surface area contributed by atoms with Gasteiger partial charge in [0.05, 0.1) is 33.4 Å². The molecule has 1 aromatic rings. The molecule has 5 heteroatoms. The molecule has 0 aliphatic carbocycles. The molecule has 0 spiro atoms. The minimum Gasteiger partial charge on any atom is -0.469 e. The molecule has 0 fully saturated rings. The number of benzene rings is 1. The van der Waals surface area contributed by atoms with Crippen LogP contribution >= 0.6 is 0 Å². The summed E-state index contributed by atoms with van der Waals surface area (Å²) in [6.07, 6.45) is 1.15. The summed E-state index contributed by atoms with van der Waals surface area (Å²) in [6.45, 7) is 2.94. The number of rotatable bonds is 11. The molecule has 0 aliphatic heterocycles. The first-order chi connectivity index (χ1) is 10.3. The van der Waals surface area contributed by atoms with Crippen LogP contribution in [-0.2, 0) is 36.8 Å². The minimum atomic E-state index is -0.246. The van der Waals surface area contributed by atoms with Crippen molar-refractivity contribution in [3.8, 4) is 0 Å². The first-order valence-corrected chi connectivity index (χ1v) is 7.06. The largest absolute Gasteiger partial charge is 0.469 e. The predicted octanol–water partition coefficient (Wildman–Crippen LogP) is 1.97. The lowest BCUT2D eigenvalue weighted by molar-refractivity contribution is -0.139. The van der Waals surface area contributed by atoms with Crippen LogP contribution in [0.1, 0.15) is 17.5 Å². The van der Waals surface area contributed by atoms with Gasteiger partial charge in [-0.3, -0.25) is 4.79 Å². The van der Waals surface area contributed by atoms with Gasteiger partial charge in [0.25, 0.3) is 0 Å². The number of carbonyl (C=O) groups excluding carboxylic acids is 1. The predicted molar refractivity (Wildman–Crippen MR) is 79.1 cm³/mol. The van der Waals surface area contributed by atoms with Crippen molar-refractivity contribution in [2.75, 3.05) is 40.6 Å². The van der Waals surface area contributed by atoms with E-state index in [0.29, 0.717) is 33.0 Å². The smallest absolute Gasteiger partial charge is 0.309 e. The van der Waals surface area contributed by atoms with Gasteiger partial charge in [-0.2, -0.15) is 0 Å². The van der Waals surface area contributed by atoms with Gasteiger partial charge in [-0.1, -0.05) is 24.3 Å². The summed E-state index contributed by atoms with van der Waals surface area (Å²) in [6, 6.07) is 7.70. The van der Waals surface area contributed by atoms with E-state index in [1.807, 2.05) is 24.3 Å². The second kappa shape index (κ2) is 11.3. The van der Waals surface area contributed by atoms with Gasteiger partial charge in [-0.05, 0) is 17.5 Å². The third-order valence-corrected chi connectivity index (χ3v) is 2.95. The van der Waals surface area contributed by atoms with Crippen LogP contribution in [0.2, 0.25) is 0 Å². The molecule has 0 bridgehead atoms. The van der Waals surface area contributed by atoms with E-state index < -0.39 is 0 Å². The highest BCUT2D eigenvalue weighted by Crippen LogP contribution is 2.11. The topological polar surface area (TPSA) is 54.0 Å². The van der Waals surface area contributed by atoms with Gasteiger partial charge in [0.2, 0.25) is 0 Å². The van der Waals surface area contributed by atoms with Crippen LogP contribution in [0.15, 0.2) is 24.3 Å². The second-order valence-electron chi connectivity index (χ2n) is 4.53. The van der Waals surface area contributed by atoms with Gasteiger partial charge in [-0.15, -0.1) is 0 Å². The summed E-state index contributed by atoms with van der Waals surface area (Å²) in [5.74, 6) is -0.246. The SMILES string of the molecule is COCCCOCCOCc1ccccc1CC(=O)OC. The molecular formula is C16H24O5. The van der Waals surface area contributed by atoms with Crippen LogP contribution in [0.25, 0.3) is 0 Å². The standard InChI is InChI=1S/C16H24O5/c1-18-8-5-9-20-10-11-21-13-15-7-4-3-6-14(15)12-16(17)19-2/h3-4,6-7H,5,8-13H2,1-2H3. The van der Waals surface area contributed by atoms with E-state index in [1.165, 1.54) is 7.11 Å². The molecule has 0 N–H and O–H groups in total. The lowest BCUT2D eigenvalue weighted by Crippen LogP contribution is -2.09. The van der Waals surface area contributed by atoms with Crippen molar-refractivity contribution in [1.29, 1.82) is 0 Å². The van der Waals surface area contributed by atoms with E-state index in [-0.39, 0.29) is 12.4 Å². The van der Waals surface area contributed by atoms with Gasteiger partial charge in [-0.25, -0.2) is 0 Å². The second-order valence-corrected chi connectivity index (χ2v) is 4.53. The van der Waals surface area contributed by atoms with Crippen LogP contribution in [0.4, 0.5) is 0 Å². The normalized spacial score (nSPS) is 10.6.